The Hall–Kier alpha value is -1.20. The molecular weight excluding hydrogens is 274 g/mol. The van der Waals surface area contributed by atoms with Crippen LogP contribution in [0, 0.1) is 13.8 Å². The van der Waals surface area contributed by atoms with E-state index in [1.54, 1.807) is 11.8 Å². The number of carbonyl (C=O) groups excluding carboxylic acids is 1. The second-order valence-corrected chi connectivity index (χ2v) is 5.83. The van der Waals surface area contributed by atoms with Crippen LogP contribution in [0.4, 0.5) is 0 Å². The SMILES string of the molecule is COC(=O)C(N)CSCCCOc1cc(C)ccc1C. The van der Waals surface area contributed by atoms with E-state index < -0.39 is 6.04 Å². The highest BCUT2D eigenvalue weighted by molar-refractivity contribution is 7.99. The normalized spacial score (nSPS) is 12.0. The average molecular weight is 297 g/mol. The molecule has 112 valence electrons. The first-order chi connectivity index (χ1) is 9.54. The summed E-state index contributed by atoms with van der Waals surface area (Å²) in [6, 6.07) is 5.65. The molecule has 1 unspecified atom stereocenters. The molecule has 5 heteroatoms. The third-order valence-electron chi connectivity index (χ3n) is 2.84. The third-order valence-corrected chi connectivity index (χ3v) is 4.01. The van der Waals surface area contributed by atoms with E-state index in [2.05, 4.69) is 29.9 Å². The molecular formula is C15H23NO3S. The predicted molar refractivity (Wildman–Crippen MR) is 83.3 cm³/mol. The fourth-order valence-corrected chi connectivity index (χ4v) is 2.51. The van der Waals surface area contributed by atoms with Gasteiger partial charge in [0.25, 0.3) is 0 Å². The molecule has 1 atom stereocenters. The van der Waals surface area contributed by atoms with Gasteiger partial charge in [-0.15, -0.1) is 0 Å². The molecule has 20 heavy (non-hydrogen) atoms. The van der Waals surface area contributed by atoms with Crippen molar-refractivity contribution in [1.82, 2.24) is 0 Å². The number of methoxy groups -OCH3 is 1. The Morgan fingerprint density at radius 1 is 1.40 bits per heavy atom. The van der Waals surface area contributed by atoms with Gasteiger partial charge in [-0.2, -0.15) is 11.8 Å². The molecule has 4 nitrogen and oxygen atoms in total. The van der Waals surface area contributed by atoms with Crippen LogP contribution in [-0.4, -0.2) is 37.2 Å². The zero-order valence-electron chi connectivity index (χ0n) is 12.3. The second-order valence-electron chi connectivity index (χ2n) is 4.68. The van der Waals surface area contributed by atoms with Gasteiger partial charge in [-0.3, -0.25) is 4.79 Å². The molecule has 0 aliphatic rings. The maximum atomic E-state index is 11.1. The van der Waals surface area contributed by atoms with Crippen molar-refractivity contribution >= 4 is 17.7 Å². The minimum absolute atomic E-state index is 0.357. The summed E-state index contributed by atoms with van der Waals surface area (Å²) in [7, 11) is 1.35. The van der Waals surface area contributed by atoms with Gasteiger partial charge in [0.05, 0.1) is 13.7 Å². The van der Waals surface area contributed by atoms with E-state index in [0.717, 1.165) is 23.5 Å². The molecule has 1 rings (SSSR count). The minimum Gasteiger partial charge on any atom is -0.493 e. The van der Waals surface area contributed by atoms with Crippen molar-refractivity contribution in [1.29, 1.82) is 0 Å². The van der Waals surface area contributed by atoms with Gasteiger partial charge in [-0.1, -0.05) is 12.1 Å². The Morgan fingerprint density at radius 2 is 2.15 bits per heavy atom. The van der Waals surface area contributed by atoms with Gasteiger partial charge in [0.15, 0.2) is 0 Å². The molecule has 0 aromatic heterocycles. The van der Waals surface area contributed by atoms with Crippen LogP contribution in [0.5, 0.6) is 5.75 Å². The van der Waals surface area contributed by atoms with Crippen LogP contribution in [0.3, 0.4) is 0 Å². The first-order valence-electron chi connectivity index (χ1n) is 6.65. The Balaban J connectivity index is 2.16. The molecule has 0 bridgehead atoms. The highest BCUT2D eigenvalue weighted by atomic mass is 32.2. The average Bonchev–Trinajstić information content (AvgIpc) is 2.44. The summed E-state index contributed by atoms with van der Waals surface area (Å²) in [4.78, 5) is 11.1. The van der Waals surface area contributed by atoms with Crippen LogP contribution in [0.2, 0.25) is 0 Å². The molecule has 0 heterocycles. The summed E-state index contributed by atoms with van der Waals surface area (Å²) < 4.78 is 10.3. The maximum Gasteiger partial charge on any atom is 0.323 e. The van der Waals surface area contributed by atoms with Crippen LogP contribution in [-0.2, 0) is 9.53 Å². The fourth-order valence-electron chi connectivity index (χ4n) is 1.64. The lowest BCUT2D eigenvalue weighted by atomic mass is 10.1. The van der Waals surface area contributed by atoms with Crippen molar-refractivity contribution < 1.29 is 14.3 Å². The van der Waals surface area contributed by atoms with E-state index in [4.69, 9.17) is 10.5 Å². The molecule has 0 saturated carbocycles. The zero-order chi connectivity index (χ0) is 15.0. The summed E-state index contributed by atoms with van der Waals surface area (Å²) in [6.45, 7) is 4.76. The van der Waals surface area contributed by atoms with Gasteiger partial charge < -0.3 is 15.2 Å². The quantitative estimate of drug-likeness (QED) is 0.589. The molecule has 0 spiro atoms. The fraction of sp³-hybridized carbons (Fsp3) is 0.533. The number of esters is 1. The second kappa shape index (κ2) is 8.87. The Kier molecular flexibility index (Phi) is 7.47. The van der Waals surface area contributed by atoms with Gasteiger partial charge in [-0.25, -0.2) is 0 Å². The van der Waals surface area contributed by atoms with Crippen LogP contribution in [0.1, 0.15) is 17.5 Å². The van der Waals surface area contributed by atoms with Gasteiger partial charge >= 0.3 is 5.97 Å². The Morgan fingerprint density at radius 3 is 2.85 bits per heavy atom. The summed E-state index contributed by atoms with van der Waals surface area (Å²) >= 11 is 1.64. The Labute approximate surface area is 125 Å². The van der Waals surface area contributed by atoms with Crippen molar-refractivity contribution in [2.75, 3.05) is 25.2 Å². The number of hydrogen-bond acceptors (Lipinski definition) is 5. The van der Waals surface area contributed by atoms with Gasteiger partial charge in [0.1, 0.15) is 11.8 Å². The van der Waals surface area contributed by atoms with E-state index in [-0.39, 0.29) is 5.97 Å². The number of benzene rings is 1. The summed E-state index contributed by atoms with van der Waals surface area (Å²) in [5.74, 6) is 2.08. The van der Waals surface area contributed by atoms with E-state index in [1.165, 1.54) is 12.7 Å². The van der Waals surface area contributed by atoms with Crippen LogP contribution >= 0.6 is 11.8 Å². The molecule has 0 radical (unpaired) electrons. The summed E-state index contributed by atoms with van der Waals surface area (Å²) in [5, 5.41) is 0. The van der Waals surface area contributed by atoms with Crippen molar-refractivity contribution in [3.05, 3.63) is 29.3 Å². The highest BCUT2D eigenvalue weighted by Gasteiger charge is 2.12. The minimum atomic E-state index is -0.537. The largest absolute Gasteiger partial charge is 0.493 e. The molecule has 0 fully saturated rings. The lowest BCUT2D eigenvalue weighted by molar-refractivity contribution is -0.141. The molecule has 0 aliphatic heterocycles. The number of carbonyl (C=O) groups is 1. The predicted octanol–water partition coefficient (Wildman–Crippen LogP) is 2.31. The van der Waals surface area contributed by atoms with Gasteiger partial charge in [0.2, 0.25) is 0 Å². The molecule has 1 aromatic rings. The molecule has 0 amide bonds. The topological polar surface area (TPSA) is 61.5 Å². The zero-order valence-corrected chi connectivity index (χ0v) is 13.2. The van der Waals surface area contributed by atoms with Crippen LogP contribution in [0.25, 0.3) is 0 Å². The van der Waals surface area contributed by atoms with E-state index >= 15 is 0 Å². The lowest BCUT2D eigenvalue weighted by Crippen LogP contribution is -2.33. The number of hydrogen-bond donors (Lipinski definition) is 1. The van der Waals surface area contributed by atoms with Crippen molar-refractivity contribution in [3.63, 3.8) is 0 Å². The summed E-state index contributed by atoms with van der Waals surface area (Å²) in [5.41, 5.74) is 7.99. The Bertz CT molecular complexity index is 437. The molecule has 2 N–H and O–H groups in total. The first-order valence-corrected chi connectivity index (χ1v) is 7.81. The highest BCUT2D eigenvalue weighted by Crippen LogP contribution is 2.19. The third kappa shape index (κ3) is 5.84. The monoisotopic (exact) mass is 297 g/mol. The number of ether oxygens (including phenoxy) is 2. The number of rotatable bonds is 8. The van der Waals surface area contributed by atoms with Gasteiger partial charge in [-0.05, 0) is 43.2 Å². The molecule has 0 saturated heterocycles. The lowest BCUT2D eigenvalue weighted by Gasteiger charge is -2.11. The van der Waals surface area contributed by atoms with Crippen molar-refractivity contribution in [3.8, 4) is 5.75 Å². The van der Waals surface area contributed by atoms with Crippen LogP contribution < -0.4 is 10.5 Å². The standard InChI is InChI=1S/C15H23NO3S/c1-11-5-6-12(2)14(9-11)19-7-4-8-20-10-13(16)15(17)18-3/h5-6,9,13H,4,7-8,10,16H2,1-3H3. The van der Waals surface area contributed by atoms with E-state index in [1.807, 2.05) is 6.92 Å². The number of thioether (sulfide) groups is 1. The molecule has 1 aromatic carbocycles. The summed E-state index contributed by atoms with van der Waals surface area (Å²) in [6.07, 6.45) is 0.923. The number of nitrogens with two attached hydrogens (primary N) is 1. The van der Waals surface area contributed by atoms with Gasteiger partial charge in [0, 0.05) is 5.75 Å². The van der Waals surface area contributed by atoms with E-state index in [0.29, 0.717) is 12.4 Å². The molecule has 0 aliphatic carbocycles. The maximum absolute atomic E-state index is 11.1. The van der Waals surface area contributed by atoms with E-state index in [9.17, 15) is 4.79 Å². The van der Waals surface area contributed by atoms with Crippen molar-refractivity contribution in [2.24, 2.45) is 5.73 Å². The first kappa shape index (κ1) is 16.9. The van der Waals surface area contributed by atoms with Crippen molar-refractivity contribution in [2.45, 2.75) is 26.3 Å². The number of aryl methyl sites for hydroxylation is 2. The smallest absolute Gasteiger partial charge is 0.323 e. The van der Waals surface area contributed by atoms with Crippen LogP contribution in [0.15, 0.2) is 18.2 Å².